The van der Waals surface area contributed by atoms with E-state index in [0.29, 0.717) is 17.3 Å². The number of rotatable bonds is 5. The van der Waals surface area contributed by atoms with Crippen molar-refractivity contribution in [3.8, 4) is 5.75 Å². The average Bonchev–Trinajstić information content (AvgIpc) is 2.55. The summed E-state index contributed by atoms with van der Waals surface area (Å²) in [6.45, 7) is 3.10. The summed E-state index contributed by atoms with van der Waals surface area (Å²) in [6, 6.07) is 6.79. The highest BCUT2D eigenvalue weighted by atomic mass is 16.5. The Labute approximate surface area is 134 Å². The van der Waals surface area contributed by atoms with Gasteiger partial charge in [0.15, 0.2) is 6.10 Å². The van der Waals surface area contributed by atoms with E-state index in [-0.39, 0.29) is 11.8 Å². The van der Waals surface area contributed by atoms with E-state index in [9.17, 15) is 9.59 Å². The molecule has 2 rings (SSSR count). The summed E-state index contributed by atoms with van der Waals surface area (Å²) < 4.78 is 5.49. The number of ether oxygens (including phenoxy) is 1. The van der Waals surface area contributed by atoms with Crippen molar-refractivity contribution < 1.29 is 14.3 Å². The zero-order valence-corrected chi connectivity index (χ0v) is 13.2. The molecular formula is C16H18N4O3. The van der Waals surface area contributed by atoms with Crippen LogP contribution in [0.2, 0.25) is 0 Å². The molecule has 7 nitrogen and oxygen atoms in total. The zero-order valence-electron chi connectivity index (χ0n) is 13.2. The fourth-order valence-corrected chi connectivity index (χ4v) is 1.74. The van der Waals surface area contributed by atoms with Crippen LogP contribution in [-0.4, -0.2) is 34.9 Å². The molecule has 0 fully saturated rings. The van der Waals surface area contributed by atoms with Gasteiger partial charge in [0.1, 0.15) is 11.6 Å². The molecule has 0 saturated heterocycles. The molecule has 0 aliphatic heterocycles. The van der Waals surface area contributed by atoms with Crippen LogP contribution in [0.4, 0.5) is 11.5 Å². The van der Waals surface area contributed by atoms with Crippen molar-refractivity contribution in [1.29, 1.82) is 0 Å². The smallest absolute Gasteiger partial charge is 0.265 e. The van der Waals surface area contributed by atoms with Crippen LogP contribution in [0.25, 0.3) is 0 Å². The lowest BCUT2D eigenvalue weighted by molar-refractivity contribution is -0.122. The molecule has 1 N–H and O–H groups in total. The summed E-state index contributed by atoms with van der Waals surface area (Å²) >= 11 is 0. The Bertz CT molecular complexity index is 673. The monoisotopic (exact) mass is 314 g/mol. The second kappa shape index (κ2) is 7.35. The van der Waals surface area contributed by atoms with Gasteiger partial charge in [0.2, 0.25) is 5.91 Å². The fourth-order valence-electron chi connectivity index (χ4n) is 1.74. The van der Waals surface area contributed by atoms with E-state index >= 15 is 0 Å². The number of anilines is 2. The van der Waals surface area contributed by atoms with Crippen LogP contribution in [0.15, 0.2) is 42.9 Å². The van der Waals surface area contributed by atoms with Crippen LogP contribution < -0.4 is 15.0 Å². The number of pyridine rings is 2. The summed E-state index contributed by atoms with van der Waals surface area (Å²) in [5, 5.41) is 2.71. The Morgan fingerprint density at radius 3 is 2.61 bits per heavy atom. The van der Waals surface area contributed by atoms with Crippen molar-refractivity contribution in [2.45, 2.75) is 20.0 Å². The van der Waals surface area contributed by atoms with Crippen LogP contribution in [-0.2, 0) is 9.59 Å². The molecule has 0 radical (unpaired) electrons. The number of nitrogens with one attached hydrogen (secondary N) is 1. The van der Waals surface area contributed by atoms with Crippen molar-refractivity contribution >= 4 is 23.3 Å². The van der Waals surface area contributed by atoms with Gasteiger partial charge in [-0.3, -0.25) is 14.6 Å². The molecule has 0 aliphatic rings. The van der Waals surface area contributed by atoms with Gasteiger partial charge in [0, 0.05) is 20.2 Å². The topological polar surface area (TPSA) is 84.4 Å². The molecule has 0 bridgehead atoms. The normalized spacial score (nSPS) is 11.4. The van der Waals surface area contributed by atoms with Crippen LogP contribution in [0, 0.1) is 0 Å². The van der Waals surface area contributed by atoms with E-state index < -0.39 is 6.10 Å². The van der Waals surface area contributed by atoms with Gasteiger partial charge < -0.3 is 15.0 Å². The second-order valence-corrected chi connectivity index (χ2v) is 4.92. The predicted molar refractivity (Wildman–Crippen MR) is 86.3 cm³/mol. The number of aromatic nitrogens is 2. The van der Waals surface area contributed by atoms with Crippen molar-refractivity contribution in [3.05, 3.63) is 42.9 Å². The number of hydrogen-bond acceptors (Lipinski definition) is 5. The molecule has 1 unspecified atom stereocenters. The quantitative estimate of drug-likeness (QED) is 0.910. The Hall–Kier alpha value is -2.96. The van der Waals surface area contributed by atoms with Gasteiger partial charge in [-0.15, -0.1) is 0 Å². The van der Waals surface area contributed by atoms with Crippen molar-refractivity contribution in [2.24, 2.45) is 0 Å². The van der Waals surface area contributed by atoms with Crippen LogP contribution in [0.3, 0.4) is 0 Å². The van der Waals surface area contributed by atoms with Gasteiger partial charge in [-0.05, 0) is 31.2 Å². The van der Waals surface area contributed by atoms with E-state index in [0.717, 1.165) is 0 Å². The van der Waals surface area contributed by atoms with E-state index in [2.05, 4.69) is 15.3 Å². The SMILES string of the molecule is CC(=O)N(C)c1ccc(NC(=O)C(C)Oc2cccnc2)cn1. The summed E-state index contributed by atoms with van der Waals surface area (Å²) in [7, 11) is 1.63. The Kier molecular flexibility index (Phi) is 5.24. The fraction of sp³-hybridized carbons (Fsp3) is 0.250. The van der Waals surface area contributed by atoms with Gasteiger partial charge in [0.05, 0.1) is 18.1 Å². The Morgan fingerprint density at radius 2 is 2.04 bits per heavy atom. The lowest BCUT2D eigenvalue weighted by atomic mass is 10.3. The van der Waals surface area contributed by atoms with Crippen molar-refractivity contribution in [1.82, 2.24) is 9.97 Å². The minimum atomic E-state index is -0.682. The molecule has 1 atom stereocenters. The van der Waals surface area contributed by atoms with Gasteiger partial charge in [-0.1, -0.05) is 0 Å². The second-order valence-electron chi connectivity index (χ2n) is 4.92. The first-order valence-electron chi connectivity index (χ1n) is 7.05. The first-order valence-corrected chi connectivity index (χ1v) is 7.05. The lowest BCUT2D eigenvalue weighted by Crippen LogP contribution is -2.30. The molecule has 23 heavy (non-hydrogen) atoms. The third-order valence-corrected chi connectivity index (χ3v) is 3.15. The highest BCUT2D eigenvalue weighted by molar-refractivity contribution is 5.94. The number of carbonyl (C=O) groups excluding carboxylic acids is 2. The van der Waals surface area contributed by atoms with Crippen molar-refractivity contribution in [2.75, 3.05) is 17.3 Å². The van der Waals surface area contributed by atoms with E-state index in [1.807, 2.05) is 0 Å². The number of hydrogen-bond donors (Lipinski definition) is 1. The third kappa shape index (κ3) is 4.50. The predicted octanol–water partition coefficient (Wildman–Crippen LogP) is 1.87. The Morgan fingerprint density at radius 1 is 1.26 bits per heavy atom. The summed E-state index contributed by atoms with van der Waals surface area (Å²) in [5.74, 6) is 0.609. The molecule has 2 aromatic heterocycles. The maximum Gasteiger partial charge on any atom is 0.265 e. The third-order valence-electron chi connectivity index (χ3n) is 3.15. The van der Waals surface area contributed by atoms with E-state index in [4.69, 9.17) is 4.74 Å². The largest absolute Gasteiger partial charge is 0.479 e. The molecule has 2 amide bonds. The van der Waals surface area contributed by atoms with Gasteiger partial charge in [0.25, 0.3) is 5.91 Å². The molecule has 7 heteroatoms. The van der Waals surface area contributed by atoms with Crippen LogP contribution in [0.5, 0.6) is 5.75 Å². The Balaban J connectivity index is 1.96. The van der Waals surface area contributed by atoms with Gasteiger partial charge in [-0.25, -0.2) is 4.98 Å². The highest BCUT2D eigenvalue weighted by Gasteiger charge is 2.15. The minimum Gasteiger partial charge on any atom is -0.479 e. The molecular weight excluding hydrogens is 296 g/mol. The molecule has 0 saturated carbocycles. The highest BCUT2D eigenvalue weighted by Crippen LogP contribution is 2.14. The minimum absolute atomic E-state index is 0.118. The van der Waals surface area contributed by atoms with E-state index in [1.165, 1.54) is 24.2 Å². The standard InChI is InChI=1S/C16H18N4O3/c1-11(23-14-5-4-8-17-10-14)16(22)19-13-6-7-15(18-9-13)20(3)12(2)21/h4-11H,1-3H3,(H,19,22). The summed E-state index contributed by atoms with van der Waals surface area (Å²) in [4.78, 5) is 32.8. The van der Waals surface area contributed by atoms with Crippen molar-refractivity contribution in [3.63, 3.8) is 0 Å². The molecule has 0 aliphatic carbocycles. The molecule has 2 aromatic rings. The van der Waals surface area contributed by atoms with Crippen LogP contribution in [0.1, 0.15) is 13.8 Å². The van der Waals surface area contributed by atoms with Gasteiger partial charge in [-0.2, -0.15) is 0 Å². The summed E-state index contributed by atoms with van der Waals surface area (Å²) in [6.07, 6.45) is 3.98. The number of carbonyl (C=O) groups is 2. The lowest BCUT2D eigenvalue weighted by Gasteiger charge is -2.16. The average molecular weight is 314 g/mol. The summed E-state index contributed by atoms with van der Waals surface area (Å²) in [5.41, 5.74) is 0.525. The maximum atomic E-state index is 12.1. The molecule has 2 heterocycles. The maximum absolute atomic E-state index is 12.1. The van der Waals surface area contributed by atoms with Crippen LogP contribution >= 0.6 is 0 Å². The van der Waals surface area contributed by atoms with E-state index in [1.54, 1.807) is 44.4 Å². The molecule has 0 spiro atoms. The first kappa shape index (κ1) is 16.4. The molecule has 0 aromatic carbocycles. The number of amides is 2. The van der Waals surface area contributed by atoms with Gasteiger partial charge >= 0.3 is 0 Å². The molecule has 120 valence electrons. The first-order chi connectivity index (χ1) is 11.0. The number of nitrogens with zero attached hydrogens (tertiary/aromatic N) is 3. The zero-order chi connectivity index (χ0) is 16.8.